The normalized spacial score (nSPS) is 11.6. The topological polar surface area (TPSA) is 37.8 Å². The van der Waals surface area contributed by atoms with Crippen LogP contribution in [0.5, 0.6) is 0 Å². The first-order valence-electron chi connectivity index (χ1n) is 6.76. The van der Waals surface area contributed by atoms with E-state index in [1.807, 2.05) is 6.07 Å². The molecule has 0 radical (unpaired) electrons. The highest BCUT2D eigenvalue weighted by atomic mass is 32.2. The molecule has 0 saturated carbocycles. The van der Waals surface area contributed by atoms with Gasteiger partial charge in [-0.2, -0.15) is 0 Å². The van der Waals surface area contributed by atoms with Crippen molar-refractivity contribution in [3.05, 3.63) is 54.1 Å². The summed E-state index contributed by atoms with van der Waals surface area (Å²) < 4.78 is 0. The first-order valence-corrected chi connectivity index (χ1v) is 7.74. The molecule has 0 fully saturated rings. The summed E-state index contributed by atoms with van der Waals surface area (Å²) >= 11 is 1.77. The van der Waals surface area contributed by atoms with Gasteiger partial charge in [-0.15, -0.1) is 11.8 Å². The number of aromatic nitrogens is 2. The minimum Gasteiger partial charge on any atom is -0.308 e. The fourth-order valence-electron chi connectivity index (χ4n) is 1.66. The molecular formula is C16H21N3S. The standard InChI is InChI=1S/C16H21N3S/c1-16(2,3)19-11-13-6-4-7-14(10-13)20-12-15-17-8-5-9-18-15/h4-10,19H,11-12H2,1-3H3. The Bertz CT molecular complexity index is 535. The summed E-state index contributed by atoms with van der Waals surface area (Å²) in [6, 6.07) is 10.5. The highest BCUT2D eigenvalue weighted by Crippen LogP contribution is 2.22. The van der Waals surface area contributed by atoms with Gasteiger partial charge in [-0.25, -0.2) is 9.97 Å². The van der Waals surface area contributed by atoms with Crippen LogP contribution < -0.4 is 5.32 Å². The molecule has 0 aliphatic heterocycles. The van der Waals surface area contributed by atoms with Crippen molar-refractivity contribution in [2.24, 2.45) is 0 Å². The van der Waals surface area contributed by atoms with Crippen molar-refractivity contribution in [3.8, 4) is 0 Å². The van der Waals surface area contributed by atoms with Crippen LogP contribution in [0.1, 0.15) is 32.2 Å². The zero-order chi connectivity index (χ0) is 14.4. The molecule has 1 heterocycles. The molecule has 0 amide bonds. The Labute approximate surface area is 125 Å². The molecule has 20 heavy (non-hydrogen) atoms. The van der Waals surface area contributed by atoms with Crippen molar-refractivity contribution >= 4 is 11.8 Å². The minimum atomic E-state index is 0.140. The van der Waals surface area contributed by atoms with Crippen LogP contribution in [-0.2, 0) is 12.3 Å². The lowest BCUT2D eigenvalue weighted by Gasteiger charge is -2.20. The second-order valence-electron chi connectivity index (χ2n) is 5.70. The summed E-state index contributed by atoms with van der Waals surface area (Å²) in [5.74, 6) is 1.67. The van der Waals surface area contributed by atoms with Crippen LogP contribution in [0.15, 0.2) is 47.6 Å². The summed E-state index contributed by atoms with van der Waals surface area (Å²) in [7, 11) is 0. The van der Waals surface area contributed by atoms with Crippen LogP contribution >= 0.6 is 11.8 Å². The predicted octanol–water partition coefficient (Wildman–Crippen LogP) is 3.66. The van der Waals surface area contributed by atoms with E-state index >= 15 is 0 Å². The molecule has 0 bridgehead atoms. The van der Waals surface area contributed by atoms with Crippen molar-refractivity contribution in [2.45, 2.75) is 43.5 Å². The smallest absolute Gasteiger partial charge is 0.138 e. The van der Waals surface area contributed by atoms with Crippen LogP contribution in [0.2, 0.25) is 0 Å². The van der Waals surface area contributed by atoms with Gasteiger partial charge in [0.2, 0.25) is 0 Å². The number of rotatable bonds is 5. The summed E-state index contributed by atoms with van der Waals surface area (Å²) in [6.45, 7) is 7.43. The van der Waals surface area contributed by atoms with Crippen LogP contribution in [-0.4, -0.2) is 15.5 Å². The van der Waals surface area contributed by atoms with Crippen LogP contribution in [0.3, 0.4) is 0 Å². The molecule has 0 aliphatic carbocycles. The van der Waals surface area contributed by atoms with E-state index in [1.54, 1.807) is 24.2 Å². The molecule has 1 aromatic carbocycles. The Morgan fingerprint density at radius 1 is 1.10 bits per heavy atom. The second-order valence-corrected chi connectivity index (χ2v) is 6.75. The lowest BCUT2D eigenvalue weighted by molar-refractivity contribution is 0.424. The Hall–Kier alpha value is -1.39. The zero-order valence-electron chi connectivity index (χ0n) is 12.3. The number of nitrogens with zero attached hydrogens (tertiary/aromatic N) is 2. The van der Waals surface area contributed by atoms with Gasteiger partial charge < -0.3 is 5.32 Å². The third-order valence-electron chi connectivity index (χ3n) is 2.71. The Morgan fingerprint density at radius 2 is 1.85 bits per heavy atom. The fourth-order valence-corrected chi connectivity index (χ4v) is 2.52. The maximum Gasteiger partial charge on any atom is 0.138 e. The summed E-state index contributed by atoms with van der Waals surface area (Å²) in [4.78, 5) is 9.74. The van der Waals surface area contributed by atoms with E-state index in [9.17, 15) is 0 Å². The highest BCUT2D eigenvalue weighted by molar-refractivity contribution is 7.98. The number of hydrogen-bond donors (Lipinski definition) is 1. The number of thioether (sulfide) groups is 1. The van der Waals surface area contributed by atoms with E-state index < -0.39 is 0 Å². The molecule has 3 nitrogen and oxygen atoms in total. The molecule has 4 heteroatoms. The Balaban J connectivity index is 1.92. The third-order valence-corrected chi connectivity index (χ3v) is 3.70. The van der Waals surface area contributed by atoms with Crippen LogP contribution in [0.25, 0.3) is 0 Å². The molecule has 0 spiro atoms. The van der Waals surface area contributed by atoms with Crippen molar-refractivity contribution < 1.29 is 0 Å². The van der Waals surface area contributed by atoms with Crippen molar-refractivity contribution in [3.63, 3.8) is 0 Å². The van der Waals surface area contributed by atoms with Crippen LogP contribution in [0.4, 0.5) is 0 Å². The SMILES string of the molecule is CC(C)(C)NCc1cccc(SCc2ncccn2)c1. The quantitative estimate of drug-likeness (QED) is 0.852. The van der Waals surface area contributed by atoms with Gasteiger partial charge in [-0.3, -0.25) is 0 Å². The summed E-state index contributed by atoms with van der Waals surface area (Å²) in [6.07, 6.45) is 3.57. The van der Waals surface area contributed by atoms with Crippen molar-refractivity contribution in [1.82, 2.24) is 15.3 Å². The second kappa shape index (κ2) is 6.86. The van der Waals surface area contributed by atoms with E-state index in [0.717, 1.165) is 18.1 Å². The van der Waals surface area contributed by atoms with Crippen LogP contribution in [0, 0.1) is 0 Å². The lowest BCUT2D eigenvalue weighted by atomic mass is 10.1. The number of benzene rings is 1. The van der Waals surface area contributed by atoms with Crippen molar-refractivity contribution in [1.29, 1.82) is 0 Å². The van der Waals surface area contributed by atoms with Gasteiger partial charge >= 0.3 is 0 Å². The first-order chi connectivity index (χ1) is 9.53. The molecule has 0 atom stereocenters. The summed E-state index contributed by atoms with van der Waals surface area (Å²) in [5.41, 5.74) is 1.44. The third kappa shape index (κ3) is 5.31. The maximum absolute atomic E-state index is 4.24. The number of hydrogen-bond acceptors (Lipinski definition) is 4. The van der Waals surface area contributed by atoms with E-state index in [-0.39, 0.29) is 5.54 Å². The molecular weight excluding hydrogens is 266 g/mol. The van der Waals surface area contributed by atoms with E-state index in [0.29, 0.717) is 0 Å². The van der Waals surface area contributed by atoms with Gasteiger partial charge in [0.25, 0.3) is 0 Å². The molecule has 2 rings (SSSR count). The Morgan fingerprint density at radius 3 is 2.55 bits per heavy atom. The van der Waals surface area contributed by atoms with E-state index in [1.165, 1.54) is 10.5 Å². The zero-order valence-corrected chi connectivity index (χ0v) is 13.1. The first kappa shape index (κ1) is 15.0. The van der Waals surface area contributed by atoms with E-state index in [2.05, 4.69) is 60.3 Å². The van der Waals surface area contributed by atoms with Gasteiger partial charge in [-0.1, -0.05) is 12.1 Å². The van der Waals surface area contributed by atoms with Gasteiger partial charge in [0.15, 0.2) is 0 Å². The largest absolute Gasteiger partial charge is 0.308 e. The number of nitrogens with one attached hydrogen (secondary N) is 1. The fraction of sp³-hybridized carbons (Fsp3) is 0.375. The predicted molar refractivity (Wildman–Crippen MR) is 84.6 cm³/mol. The van der Waals surface area contributed by atoms with E-state index in [4.69, 9.17) is 0 Å². The monoisotopic (exact) mass is 287 g/mol. The average molecular weight is 287 g/mol. The maximum atomic E-state index is 4.24. The van der Waals surface area contributed by atoms with Gasteiger partial charge in [-0.05, 0) is 44.5 Å². The molecule has 2 aromatic rings. The average Bonchev–Trinajstić information content (AvgIpc) is 2.44. The molecule has 0 saturated heterocycles. The molecule has 106 valence electrons. The molecule has 0 unspecified atom stereocenters. The van der Waals surface area contributed by atoms with Gasteiger partial charge in [0.1, 0.15) is 5.82 Å². The highest BCUT2D eigenvalue weighted by Gasteiger charge is 2.08. The minimum absolute atomic E-state index is 0.140. The molecule has 1 aromatic heterocycles. The molecule has 1 N–H and O–H groups in total. The summed E-state index contributed by atoms with van der Waals surface area (Å²) in [5, 5.41) is 3.51. The van der Waals surface area contributed by atoms with Gasteiger partial charge in [0.05, 0.1) is 5.75 Å². The molecule has 0 aliphatic rings. The van der Waals surface area contributed by atoms with Crippen molar-refractivity contribution in [2.75, 3.05) is 0 Å². The Kier molecular flexibility index (Phi) is 5.15. The van der Waals surface area contributed by atoms with Gasteiger partial charge in [0, 0.05) is 29.4 Å². The lowest BCUT2D eigenvalue weighted by Crippen LogP contribution is -2.35.